The van der Waals surface area contributed by atoms with Crippen LogP contribution in [0, 0.1) is 0 Å². The summed E-state index contributed by atoms with van der Waals surface area (Å²) in [5.74, 6) is -0.517. The maximum absolute atomic E-state index is 10.5. The zero-order valence-corrected chi connectivity index (χ0v) is 9.68. The molecule has 8 nitrogen and oxygen atoms in total. The molecule has 0 aliphatic rings. The number of carboxylic acid groups (broad SMARTS) is 1. The third-order valence-electron chi connectivity index (χ3n) is 1.66. The smallest absolute Gasteiger partial charge is 0.325 e. The number of carboxylic acids is 1. The molecule has 1 rings (SSSR count). The molecule has 0 saturated carbocycles. The number of methoxy groups -OCH3 is 2. The number of nitrogens with zero attached hydrogens (tertiary/aromatic N) is 4. The highest BCUT2D eigenvalue weighted by Gasteiger charge is 2.13. The summed E-state index contributed by atoms with van der Waals surface area (Å²) in [7, 11) is 3.05. The monoisotopic (exact) mass is 248 g/mol. The van der Waals surface area contributed by atoms with E-state index in [2.05, 4.69) is 15.5 Å². The molecule has 90 valence electrons. The number of carbonyl (C=O) groups is 1. The van der Waals surface area contributed by atoms with Crippen molar-refractivity contribution in [3.63, 3.8) is 0 Å². The highest BCUT2D eigenvalue weighted by Crippen LogP contribution is 2.15. The second kappa shape index (κ2) is 6.40. The Morgan fingerprint density at radius 2 is 2.25 bits per heavy atom. The highest BCUT2D eigenvalue weighted by atomic mass is 32.2. The molecule has 0 radical (unpaired) electrons. The van der Waals surface area contributed by atoms with E-state index in [1.807, 2.05) is 0 Å². The molecule has 0 aromatic carbocycles. The average Bonchev–Trinajstić information content (AvgIpc) is 2.66. The van der Waals surface area contributed by atoms with Gasteiger partial charge >= 0.3 is 5.97 Å². The fraction of sp³-hybridized carbons (Fsp3) is 0.714. The molecule has 0 aliphatic carbocycles. The topological polar surface area (TPSA) is 99.4 Å². The Kier molecular flexibility index (Phi) is 5.15. The quantitative estimate of drug-likeness (QED) is 0.507. The van der Waals surface area contributed by atoms with Gasteiger partial charge in [0.2, 0.25) is 5.16 Å². The van der Waals surface area contributed by atoms with Crippen LogP contribution in [-0.2, 0) is 20.8 Å². The zero-order valence-electron chi connectivity index (χ0n) is 8.86. The van der Waals surface area contributed by atoms with Crippen molar-refractivity contribution in [2.45, 2.75) is 18.0 Å². The molecule has 1 heterocycles. The summed E-state index contributed by atoms with van der Waals surface area (Å²) in [6.07, 6.45) is -0.375. The van der Waals surface area contributed by atoms with Crippen LogP contribution in [0.1, 0.15) is 0 Å². The predicted molar refractivity (Wildman–Crippen MR) is 54.0 cm³/mol. The van der Waals surface area contributed by atoms with Crippen molar-refractivity contribution in [1.82, 2.24) is 20.2 Å². The van der Waals surface area contributed by atoms with Crippen LogP contribution in [0.15, 0.2) is 5.16 Å². The summed E-state index contributed by atoms with van der Waals surface area (Å²) in [5.41, 5.74) is 0. The van der Waals surface area contributed by atoms with Crippen LogP contribution in [0.5, 0.6) is 0 Å². The molecule has 16 heavy (non-hydrogen) atoms. The minimum absolute atomic E-state index is 0.264. The van der Waals surface area contributed by atoms with Gasteiger partial charge in [0.05, 0.1) is 5.75 Å². The number of aliphatic carboxylic acids is 1. The maximum atomic E-state index is 10.5. The van der Waals surface area contributed by atoms with Crippen molar-refractivity contribution in [3.05, 3.63) is 0 Å². The number of thioether (sulfide) groups is 1. The first-order chi connectivity index (χ1) is 7.67. The summed E-state index contributed by atoms with van der Waals surface area (Å²) in [4.78, 5) is 10.5. The lowest BCUT2D eigenvalue weighted by Crippen LogP contribution is -2.17. The Balaban J connectivity index is 2.53. The van der Waals surface area contributed by atoms with Crippen LogP contribution in [0.25, 0.3) is 0 Å². The molecule has 0 saturated heterocycles. The first-order valence-electron chi connectivity index (χ1n) is 4.33. The van der Waals surface area contributed by atoms with Gasteiger partial charge in [-0.25, -0.2) is 4.68 Å². The van der Waals surface area contributed by atoms with E-state index >= 15 is 0 Å². The summed E-state index contributed by atoms with van der Waals surface area (Å²) in [6, 6.07) is 0. The van der Waals surface area contributed by atoms with Crippen LogP contribution in [0.4, 0.5) is 0 Å². The number of rotatable bonds is 7. The molecule has 1 aromatic heterocycles. The van der Waals surface area contributed by atoms with Gasteiger partial charge in [0.25, 0.3) is 0 Å². The van der Waals surface area contributed by atoms with Gasteiger partial charge in [-0.05, 0) is 10.4 Å². The Labute approximate surface area is 95.9 Å². The van der Waals surface area contributed by atoms with E-state index < -0.39 is 5.97 Å². The van der Waals surface area contributed by atoms with E-state index in [0.717, 1.165) is 0 Å². The molecule has 0 bridgehead atoms. The van der Waals surface area contributed by atoms with E-state index in [0.29, 0.717) is 10.9 Å². The molecule has 9 heteroatoms. The average molecular weight is 248 g/mol. The van der Waals surface area contributed by atoms with E-state index in [1.54, 1.807) is 0 Å². The molecule has 0 fully saturated rings. The van der Waals surface area contributed by atoms with Gasteiger partial charge in [0.15, 0.2) is 6.29 Å². The Morgan fingerprint density at radius 3 is 2.81 bits per heavy atom. The number of tetrazole rings is 1. The Morgan fingerprint density at radius 1 is 1.56 bits per heavy atom. The van der Waals surface area contributed by atoms with Crippen molar-refractivity contribution < 1.29 is 19.4 Å². The van der Waals surface area contributed by atoms with Crippen molar-refractivity contribution in [3.8, 4) is 0 Å². The van der Waals surface area contributed by atoms with Gasteiger partial charge in [-0.2, -0.15) is 0 Å². The second-order valence-electron chi connectivity index (χ2n) is 2.72. The van der Waals surface area contributed by atoms with E-state index in [1.165, 1.54) is 30.7 Å². The number of aromatic nitrogens is 4. The van der Waals surface area contributed by atoms with E-state index in [4.69, 9.17) is 14.6 Å². The predicted octanol–water partition coefficient (Wildman–Crippen LogP) is -0.531. The minimum Gasteiger partial charge on any atom is -0.480 e. The number of hydrogen-bond acceptors (Lipinski definition) is 7. The Hall–Kier alpha value is -1.19. The third kappa shape index (κ3) is 3.76. The van der Waals surface area contributed by atoms with E-state index in [9.17, 15) is 4.79 Å². The Bertz CT molecular complexity index is 341. The van der Waals surface area contributed by atoms with Crippen molar-refractivity contribution in [2.24, 2.45) is 0 Å². The molecule has 1 aromatic rings. The van der Waals surface area contributed by atoms with Crippen LogP contribution < -0.4 is 0 Å². The van der Waals surface area contributed by atoms with Crippen LogP contribution in [0.3, 0.4) is 0 Å². The van der Waals surface area contributed by atoms with Gasteiger partial charge in [-0.15, -0.1) is 5.10 Å². The van der Waals surface area contributed by atoms with Crippen LogP contribution in [0.2, 0.25) is 0 Å². The first kappa shape index (κ1) is 12.9. The summed E-state index contributed by atoms with van der Waals surface area (Å²) in [5, 5.41) is 19.7. The number of ether oxygens (including phenoxy) is 2. The van der Waals surface area contributed by atoms with Crippen LogP contribution in [-0.4, -0.2) is 57.5 Å². The molecular weight excluding hydrogens is 236 g/mol. The van der Waals surface area contributed by atoms with Crippen LogP contribution >= 0.6 is 11.8 Å². The lowest BCUT2D eigenvalue weighted by Gasteiger charge is -2.11. The lowest BCUT2D eigenvalue weighted by molar-refractivity contribution is -0.138. The summed E-state index contributed by atoms with van der Waals surface area (Å²) >= 11 is 1.27. The first-order valence-corrected chi connectivity index (χ1v) is 5.32. The summed E-state index contributed by atoms with van der Waals surface area (Å²) in [6.45, 7) is -0.264. The third-order valence-corrected chi connectivity index (χ3v) is 2.65. The van der Waals surface area contributed by atoms with E-state index in [-0.39, 0.29) is 12.8 Å². The molecule has 0 unspecified atom stereocenters. The molecular formula is C7H12N4O4S. The molecule has 0 spiro atoms. The van der Waals surface area contributed by atoms with Crippen molar-refractivity contribution in [2.75, 3.05) is 20.0 Å². The van der Waals surface area contributed by atoms with Gasteiger partial charge < -0.3 is 14.6 Å². The number of hydrogen-bond donors (Lipinski definition) is 1. The normalized spacial score (nSPS) is 10.9. The second-order valence-corrected chi connectivity index (χ2v) is 3.71. The molecule has 0 amide bonds. The fourth-order valence-electron chi connectivity index (χ4n) is 0.902. The molecule has 0 atom stereocenters. The largest absolute Gasteiger partial charge is 0.480 e. The molecule has 1 N–H and O–H groups in total. The maximum Gasteiger partial charge on any atom is 0.325 e. The van der Waals surface area contributed by atoms with Gasteiger partial charge in [0, 0.05) is 14.2 Å². The van der Waals surface area contributed by atoms with Gasteiger partial charge in [-0.1, -0.05) is 11.8 Å². The lowest BCUT2D eigenvalue weighted by atomic mass is 10.7. The van der Waals surface area contributed by atoms with Gasteiger partial charge in [0.1, 0.15) is 6.54 Å². The summed E-state index contributed by atoms with van der Waals surface area (Å²) < 4.78 is 11.2. The van der Waals surface area contributed by atoms with Gasteiger partial charge in [-0.3, -0.25) is 4.79 Å². The minimum atomic E-state index is -0.996. The SMILES string of the molecule is COC(CSc1nnnn1CC(=O)O)OC. The molecule has 0 aliphatic heterocycles. The van der Waals surface area contributed by atoms with Crippen molar-refractivity contribution in [1.29, 1.82) is 0 Å². The zero-order chi connectivity index (χ0) is 12.0. The highest BCUT2D eigenvalue weighted by molar-refractivity contribution is 7.99. The van der Waals surface area contributed by atoms with Crippen molar-refractivity contribution >= 4 is 17.7 Å². The fourth-order valence-corrected chi connectivity index (χ4v) is 1.80. The standard InChI is InChI=1S/C7H12N4O4S/c1-14-6(15-2)4-16-7-8-9-10-11(7)3-5(12)13/h6H,3-4H2,1-2H3,(H,12,13).